The Balaban J connectivity index is 1.65. The number of carbonyl (C=O) groups excluding carboxylic acids is 2. The molecule has 0 radical (unpaired) electrons. The molecular weight excluding hydrogens is 408 g/mol. The first-order chi connectivity index (χ1) is 14.5. The molecule has 0 spiro atoms. The Morgan fingerprint density at radius 3 is 2.80 bits per heavy atom. The molecule has 1 aromatic carbocycles. The summed E-state index contributed by atoms with van der Waals surface area (Å²) >= 11 is 1.19. The van der Waals surface area contributed by atoms with Crippen LogP contribution in [0.3, 0.4) is 0 Å². The van der Waals surface area contributed by atoms with E-state index >= 15 is 0 Å². The first-order valence-corrected chi connectivity index (χ1v) is 9.98. The third kappa shape index (κ3) is 5.29. The summed E-state index contributed by atoms with van der Waals surface area (Å²) in [7, 11) is 1.54. The summed E-state index contributed by atoms with van der Waals surface area (Å²) in [5.74, 6) is -0.211. The number of methoxy groups -OCH3 is 1. The number of benzene rings is 1. The van der Waals surface area contributed by atoms with E-state index in [0.29, 0.717) is 34.4 Å². The van der Waals surface area contributed by atoms with Gasteiger partial charge in [-0.3, -0.25) is 19.0 Å². The fraction of sp³-hybridized carbons (Fsp3) is 0.250. The molecule has 30 heavy (non-hydrogen) atoms. The van der Waals surface area contributed by atoms with Crippen molar-refractivity contribution in [2.75, 3.05) is 19.0 Å². The zero-order valence-electron chi connectivity index (χ0n) is 16.5. The number of carbonyl (C=O) groups is 2. The molecule has 3 rings (SSSR count). The quantitative estimate of drug-likeness (QED) is 0.547. The smallest absolute Gasteiger partial charge is 0.311 e. The Bertz CT molecular complexity index is 1110. The van der Waals surface area contributed by atoms with Gasteiger partial charge in [-0.25, -0.2) is 9.97 Å². The summed E-state index contributed by atoms with van der Waals surface area (Å²) in [6.45, 7) is 1.81. The van der Waals surface area contributed by atoms with E-state index < -0.39 is 5.91 Å². The van der Waals surface area contributed by atoms with Crippen LogP contribution in [0.25, 0.3) is 11.3 Å². The van der Waals surface area contributed by atoms with Gasteiger partial charge in [0.2, 0.25) is 5.91 Å². The van der Waals surface area contributed by atoms with Crippen molar-refractivity contribution in [3.8, 4) is 17.0 Å². The number of rotatable bonds is 8. The molecule has 156 valence electrons. The zero-order chi connectivity index (χ0) is 21.5. The van der Waals surface area contributed by atoms with E-state index in [4.69, 9.17) is 9.47 Å². The van der Waals surface area contributed by atoms with E-state index in [0.717, 1.165) is 0 Å². The van der Waals surface area contributed by atoms with E-state index in [9.17, 15) is 14.4 Å². The van der Waals surface area contributed by atoms with Crippen LogP contribution in [-0.2, 0) is 27.3 Å². The fourth-order valence-corrected chi connectivity index (χ4v) is 3.39. The van der Waals surface area contributed by atoms with E-state index in [-0.39, 0.29) is 24.5 Å². The van der Waals surface area contributed by atoms with Crippen molar-refractivity contribution in [3.05, 3.63) is 58.1 Å². The second-order valence-electron chi connectivity index (χ2n) is 6.11. The molecule has 0 bridgehead atoms. The summed E-state index contributed by atoms with van der Waals surface area (Å²) in [6, 6.07) is 8.58. The standard InChI is InChI=1S/C20H20N4O5S/c1-3-29-19(27)8-13-11-30-20(22-13)23-17(25)10-24-12-21-15(9-18(24)26)14-6-4-5-7-16(14)28-2/h4-7,9,11-12H,3,8,10H2,1-2H3,(H,22,23,25). The number of esters is 1. The molecule has 3 aromatic rings. The minimum absolute atomic E-state index is 0.0357. The SMILES string of the molecule is CCOC(=O)Cc1csc(NC(=O)Cn2cnc(-c3ccccc3OC)cc2=O)n1. The predicted octanol–water partition coefficient (Wildman–Crippen LogP) is 2.12. The summed E-state index contributed by atoms with van der Waals surface area (Å²) in [4.78, 5) is 44.6. The van der Waals surface area contributed by atoms with Crippen LogP contribution in [0.2, 0.25) is 0 Å². The van der Waals surface area contributed by atoms with Gasteiger partial charge in [0.25, 0.3) is 5.56 Å². The minimum Gasteiger partial charge on any atom is -0.496 e. The highest BCUT2D eigenvalue weighted by Gasteiger charge is 2.13. The lowest BCUT2D eigenvalue weighted by Gasteiger charge is -2.09. The number of hydrogen-bond acceptors (Lipinski definition) is 8. The number of para-hydroxylation sites is 1. The van der Waals surface area contributed by atoms with Gasteiger partial charge in [0.15, 0.2) is 5.13 Å². The van der Waals surface area contributed by atoms with Crippen LogP contribution in [0.1, 0.15) is 12.6 Å². The topological polar surface area (TPSA) is 112 Å². The molecular formula is C20H20N4O5S. The zero-order valence-corrected chi connectivity index (χ0v) is 17.3. The van der Waals surface area contributed by atoms with Gasteiger partial charge in [-0.15, -0.1) is 11.3 Å². The molecule has 10 heteroatoms. The molecule has 9 nitrogen and oxygen atoms in total. The van der Waals surface area contributed by atoms with Crippen molar-refractivity contribution in [1.29, 1.82) is 0 Å². The van der Waals surface area contributed by atoms with Crippen molar-refractivity contribution in [2.24, 2.45) is 0 Å². The number of nitrogens with one attached hydrogen (secondary N) is 1. The third-order valence-corrected chi connectivity index (χ3v) is 4.81. The number of thiazole rings is 1. The predicted molar refractivity (Wildman–Crippen MR) is 112 cm³/mol. The maximum absolute atomic E-state index is 12.4. The van der Waals surface area contributed by atoms with Crippen molar-refractivity contribution >= 4 is 28.3 Å². The van der Waals surface area contributed by atoms with E-state index in [2.05, 4.69) is 15.3 Å². The van der Waals surface area contributed by atoms with Gasteiger partial charge in [0.1, 0.15) is 12.3 Å². The second-order valence-corrected chi connectivity index (χ2v) is 6.97. The minimum atomic E-state index is -0.430. The molecule has 0 aliphatic carbocycles. The summed E-state index contributed by atoms with van der Waals surface area (Å²) < 4.78 is 11.4. The maximum atomic E-state index is 12.4. The van der Waals surface area contributed by atoms with Crippen LogP contribution >= 0.6 is 11.3 Å². The molecule has 0 fully saturated rings. The monoisotopic (exact) mass is 428 g/mol. The molecule has 0 unspecified atom stereocenters. The van der Waals surface area contributed by atoms with Gasteiger partial charge in [-0.05, 0) is 19.1 Å². The van der Waals surface area contributed by atoms with E-state index in [1.54, 1.807) is 31.5 Å². The number of amides is 1. The van der Waals surface area contributed by atoms with Gasteiger partial charge in [0, 0.05) is 17.0 Å². The molecule has 1 N–H and O–H groups in total. The van der Waals surface area contributed by atoms with Crippen LogP contribution in [0.15, 0.2) is 46.8 Å². The van der Waals surface area contributed by atoms with Crippen LogP contribution in [-0.4, -0.2) is 40.1 Å². The molecule has 2 aromatic heterocycles. The second kappa shape index (κ2) is 9.79. The van der Waals surface area contributed by atoms with Crippen LogP contribution in [0.5, 0.6) is 5.75 Å². The van der Waals surface area contributed by atoms with Gasteiger partial charge >= 0.3 is 5.97 Å². The van der Waals surface area contributed by atoms with Crippen LogP contribution in [0.4, 0.5) is 5.13 Å². The first kappa shape index (κ1) is 21.2. The Kier molecular flexibility index (Phi) is 6.91. The van der Waals surface area contributed by atoms with Gasteiger partial charge in [-0.2, -0.15) is 0 Å². The Labute approximate surface area is 176 Å². The number of anilines is 1. The third-order valence-electron chi connectivity index (χ3n) is 4.01. The number of nitrogens with zero attached hydrogens (tertiary/aromatic N) is 3. The van der Waals surface area contributed by atoms with E-state index in [1.807, 2.05) is 12.1 Å². The van der Waals surface area contributed by atoms with Gasteiger partial charge < -0.3 is 14.8 Å². The summed E-state index contributed by atoms with van der Waals surface area (Å²) in [6.07, 6.45) is 1.35. The Morgan fingerprint density at radius 1 is 1.27 bits per heavy atom. The van der Waals surface area contributed by atoms with Crippen LogP contribution in [0, 0.1) is 0 Å². The normalized spacial score (nSPS) is 10.5. The lowest BCUT2D eigenvalue weighted by Crippen LogP contribution is -2.27. The number of hydrogen-bond donors (Lipinski definition) is 1. The molecule has 0 saturated carbocycles. The van der Waals surface area contributed by atoms with E-state index in [1.165, 1.54) is 28.3 Å². The molecule has 1 amide bonds. The summed E-state index contributed by atoms with van der Waals surface area (Å²) in [5.41, 5.74) is 1.28. The highest BCUT2D eigenvalue weighted by Crippen LogP contribution is 2.26. The molecule has 0 saturated heterocycles. The molecule has 2 heterocycles. The number of ether oxygens (including phenoxy) is 2. The molecule has 0 aliphatic rings. The highest BCUT2D eigenvalue weighted by atomic mass is 32.1. The van der Waals surface area contributed by atoms with Gasteiger partial charge in [-0.1, -0.05) is 12.1 Å². The maximum Gasteiger partial charge on any atom is 0.311 e. The van der Waals surface area contributed by atoms with Crippen molar-refractivity contribution in [3.63, 3.8) is 0 Å². The molecule has 0 aliphatic heterocycles. The largest absolute Gasteiger partial charge is 0.496 e. The average Bonchev–Trinajstić information content (AvgIpc) is 3.16. The Hall–Kier alpha value is -3.53. The Morgan fingerprint density at radius 2 is 2.07 bits per heavy atom. The first-order valence-electron chi connectivity index (χ1n) is 9.10. The van der Waals surface area contributed by atoms with Gasteiger partial charge in [0.05, 0.1) is 37.9 Å². The lowest BCUT2D eigenvalue weighted by atomic mass is 10.1. The summed E-state index contributed by atoms with van der Waals surface area (Å²) in [5, 5.41) is 4.62. The average molecular weight is 428 g/mol. The highest BCUT2D eigenvalue weighted by molar-refractivity contribution is 7.13. The fourth-order valence-electron chi connectivity index (χ4n) is 2.67. The van der Waals surface area contributed by atoms with Crippen molar-refractivity contribution in [2.45, 2.75) is 19.9 Å². The number of aromatic nitrogens is 3. The lowest BCUT2D eigenvalue weighted by molar-refractivity contribution is -0.142. The van der Waals surface area contributed by atoms with Crippen molar-refractivity contribution in [1.82, 2.24) is 14.5 Å². The van der Waals surface area contributed by atoms with Crippen LogP contribution < -0.4 is 15.6 Å². The van der Waals surface area contributed by atoms with Crippen molar-refractivity contribution < 1.29 is 19.1 Å². The molecule has 0 atom stereocenters.